The van der Waals surface area contributed by atoms with E-state index < -0.39 is 10.0 Å². The van der Waals surface area contributed by atoms with E-state index in [2.05, 4.69) is 0 Å². The van der Waals surface area contributed by atoms with Gasteiger partial charge in [0.2, 0.25) is 10.0 Å². The van der Waals surface area contributed by atoms with Crippen LogP contribution in [-0.4, -0.2) is 31.0 Å². The van der Waals surface area contributed by atoms with Gasteiger partial charge in [0.05, 0.1) is 6.61 Å². The van der Waals surface area contributed by atoms with E-state index in [1.54, 1.807) is 6.08 Å². The van der Waals surface area contributed by atoms with Crippen LogP contribution in [0.1, 0.15) is 16.7 Å². The average Bonchev–Trinajstić information content (AvgIpc) is 2.55. The predicted octanol–water partition coefficient (Wildman–Crippen LogP) is 2.79. The number of hydrogen-bond acceptors (Lipinski definition) is 3. The van der Waals surface area contributed by atoms with E-state index in [0.717, 1.165) is 16.7 Å². The molecule has 2 rings (SSSR count). The summed E-state index contributed by atoms with van der Waals surface area (Å²) in [5.74, 6) is 0. The SMILES string of the molecule is Cc1ccc(/C=C/S(=O)(=O)N(CCO)Cc2ccccc2)cc1. The van der Waals surface area contributed by atoms with Gasteiger partial charge in [-0.1, -0.05) is 60.2 Å². The van der Waals surface area contributed by atoms with Crippen molar-refractivity contribution >= 4 is 16.1 Å². The topological polar surface area (TPSA) is 57.6 Å². The van der Waals surface area contributed by atoms with Gasteiger partial charge in [-0.25, -0.2) is 8.42 Å². The van der Waals surface area contributed by atoms with Crippen molar-refractivity contribution in [1.82, 2.24) is 4.31 Å². The Morgan fingerprint density at radius 1 is 1.04 bits per heavy atom. The number of benzene rings is 2. The second kappa shape index (κ2) is 8.06. The largest absolute Gasteiger partial charge is 0.395 e. The van der Waals surface area contributed by atoms with Crippen molar-refractivity contribution in [3.63, 3.8) is 0 Å². The lowest BCUT2D eigenvalue weighted by Crippen LogP contribution is -2.31. The van der Waals surface area contributed by atoms with Crippen LogP contribution in [-0.2, 0) is 16.6 Å². The maximum Gasteiger partial charge on any atom is 0.236 e. The minimum atomic E-state index is -3.60. The van der Waals surface area contributed by atoms with Crippen LogP contribution in [0.2, 0.25) is 0 Å². The molecule has 1 N–H and O–H groups in total. The Morgan fingerprint density at radius 2 is 1.70 bits per heavy atom. The monoisotopic (exact) mass is 331 g/mol. The number of aryl methyl sites for hydroxylation is 1. The van der Waals surface area contributed by atoms with Crippen LogP contribution in [0.3, 0.4) is 0 Å². The summed E-state index contributed by atoms with van der Waals surface area (Å²) in [7, 11) is -3.60. The predicted molar refractivity (Wildman–Crippen MR) is 93.1 cm³/mol. The molecule has 0 aliphatic carbocycles. The van der Waals surface area contributed by atoms with Crippen molar-refractivity contribution in [2.45, 2.75) is 13.5 Å². The Labute approximate surface area is 137 Å². The molecule has 0 fully saturated rings. The molecule has 0 radical (unpaired) electrons. The van der Waals surface area contributed by atoms with Gasteiger partial charge in [0.15, 0.2) is 0 Å². The van der Waals surface area contributed by atoms with Crippen molar-refractivity contribution in [3.8, 4) is 0 Å². The molecule has 2 aromatic carbocycles. The van der Waals surface area contributed by atoms with E-state index in [4.69, 9.17) is 5.11 Å². The summed E-state index contributed by atoms with van der Waals surface area (Å²) in [6.45, 7) is 2.06. The summed E-state index contributed by atoms with van der Waals surface area (Å²) < 4.78 is 26.3. The van der Waals surface area contributed by atoms with Crippen LogP contribution < -0.4 is 0 Å². The summed E-state index contributed by atoms with van der Waals surface area (Å²) in [6.07, 6.45) is 1.57. The van der Waals surface area contributed by atoms with Crippen molar-refractivity contribution in [2.75, 3.05) is 13.2 Å². The summed E-state index contributed by atoms with van der Waals surface area (Å²) in [5, 5.41) is 10.4. The average molecular weight is 331 g/mol. The van der Waals surface area contributed by atoms with E-state index >= 15 is 0 Å². The first kappa shape index (κ1) is 17.4. The van der Waals surface area contributed by atoms with Crippen LogP contribution in [0.15, 0.2) is 60.0 Å². The third-order valence-corrected chi connectivity index (χ3v) is 4.93. The Balaban J connectivity index is 2.17. The van der Waals surface area contributed by atoms with E-state index in [0.29, 0.717) is 0 Å². The number of rotatable bonds is 7. The van der Waals surface area contributed by atoms with Gasteiger partial charge < -0.3 is 5.11 Å². The molecule has 5 heteroatoms. The zero-order valence-corrected chi connectivity index (χ0v) is 13.9. The Morgan fingerprint density at radius 3 is 2.30 bits per heavy atom. The molecule has 0 saturated carbocycles. The molecular weight excluding hydrogens is 310 g/mol. The molecule has 0 aromatic heterocycles. The van der Waals surface area contributed by atoms with Crippen LogP contribution >= 0.6 is 0 Å². The smallest absolute Gasteiger partial charge is 0.236 e. The molecule has 0 unspecified atom stereocenters. The van der Waals surface area contributed by atoms with Gasteiger partial charge >= 0.3 is 0 Å². The maximum atomic E-state index is 12.5. The third-order valence-electron chi connectivity index (χ3n) is 3.42. The van der Waals surface area contributed by atoms with Crippen molar-refractivity contribution in [3.05, 3.63) is 76.7 Å². The molecule has 4 nitrogen and oxygen atoms in total. The molecule has 0 saturated heterocycles. The van der Waals surface area contributed by atoms with Gasteiger partial charge in [0, 0.05) is 18.5 Å². The lowest BCUT2D eigenvalue weighted by atomic mass is 10.2. The molecular formula is C18H21NO3S. The van der Waals surface area contributed by atoms with Gasteiger partial charge in [-0.05, 0) is 24.1 Å². The number of aliphatic hydroxyl groups excluding tert-OH is 1. The minimum absolute atomic E-state index is 0.0649. The quantitative estimate of drug-likeness (QED) is 0.849. The minimum Gasteiger partial charge on any atom is -0.395 e. The fourth-order valence-electron chi connectivity index (χ4n) is 2.12. The van der Waals surface area contributed by atoms with Gasteiger partial charge in [0.25, 0.3) is 0 Å². The summed E-state index contributed by atoms with van der Waals surface area (Å²) >= 11 is 0. The molecule has 0 bridgehead atoms. The molecule has 122 valence electrons. The highest BCUT2D eigenvalue weighted by molar-refractivity contribution is 7.92. The van der Waals surface area contributed by atoms with Crippen LogP contribution in [0, 0.1) is 6.92 Å². The molecule has 0 aliphatic rings. The summed E-state index contributed by atoms with van der Waals surface area (Å²) in [5.41, 5.74) is 2.83. The van der Waals surface area contributed by atoms with Crippen molar-refractivity contribution in [2.24, 2.45) is 0 Å². The van der Waals surface area contributed by atoms with Gasteiger partial charge in [0.1, 0.15) is 0 Å². The lowest BCUT2D eigenvalue weighted by Gasteiger charge is -2.19. The molecule has 0 atom stereocenters. The zero-order chi connectivity index (χ0) is 16.7. The zero-order valence-electron chi connectivity index (χ0n) is 13.1. The van der Waals surface area contributed by atoms with Crippen LogP contribution in [0.5, 0.6) is 0 Å². The first-order chi connectivity index (χ1) is 11.0. The highest BCUT2D eigenvalue weighted by Gasteiger charge is 2.18. The van der Waals surface area contributed by atoms with E-state index in [9.17, 15) is 8.42 Å². The lowest BCUT2D eigenvalue weighted by molar-refractivity contribution is 0.252. The summed E-state index contributed by atoms with van der Waals surface area (Å²) in [6, 6.07) is 16.9. The first-order valence-corrected chi connectivity index (χ1v) is 8.91. The summed E-state index contributed by atoms with van der Waals surface area (Å²) in [4.78, 5) is 0. The number of nitrogens with zero attached hydrogens (tertiary/aromatic N) is 1. The highest BCUT2D eigenvalue weighted by atomic mass is 32.2. The Hall–Kier alpha value is -1.95. The molecule has 0 amide bonds. The number of hydrogen-bond donors (Lipinski definition) is 1. The van der Waals surface area contributed by atoms with Gasteiger partial charge in [-0.15, -0.1) is 0 Å². The number of sulfonamides is 1. The van der Waals surface area contributed by atoms with E-state index in [-0.39, 0.29) is 19.7 Å². The van der Waals surface area contributed by atoms with E-state index in [1.807, 2.05) is 61.5 Å². The molecule has 0 spiro atoms. The van der Waals surface area contributed by atoms with Gasteiger partial charge in [-0.3, -0.25) is 0 Å². The fraction of sp³-hybridized carbons (Fsp3) is 0.222. The first-order valence-electron chi connectivity index (χ1n) is 7.41. The Bertz CT molecular complexity index is 738. The molecule has 23 heavy (non-hydrogen) atoms. The number of aliphatic hydroxyl groups is 1. The van der Waals surface area contributed by atoms with Gasteiger partial charge in [-0.2, -0.15) is 4.31 Å². The standard InChI is InChI=1S/C18H21NO3S/c1-16-7-9-17(10-8-16)11-14-23(21,22)19(12-13-20)15-18-5-3-2-4-6-18/h2-11,14,20H,12-13,15H2,1H3/b14-11+. The highest BCUT2D eigenvalue weighted by Crippen LogP contribution is 2.13. The van der Waals surface area contributed by atoms with Crippen molar-refractivity contribution < 1.29 is 13.5 Å². The molecule has 0 aliphatic heterocycles. The maximum absolute atomic E-state index is 12.5. The van der Waals surface area contributed by atoms with Crippen molar-refractivity contribution in [1.29, 1.82) is 0 Å². The molecule has 0 heterocycles. The normalized spacial score (nSPS) is 12.1. The van der Waals surface area contributed by atoms with E-state index in [1.165, 1.54) is 9.71 Å². The molecule has 2 aromatic rings. The van der Waals surface area contributed by atoms with Crippen LogP contribution in [0.25, 0.3) is 6.08 Å². The van der Waals surface area contributed by atoms with Crippen LogP contribution in [0.4, 0.5) is 0 Å². The second-order valence-corrected chi connectivity index (χ2v) is 7.12. The second-order valence-electron chi connectivity index (χ2n) is 5.30. The Kier molecular flexibility index (Phi) is 6.10. The fourth-order valence-corrected chi connectivity index (χ4v) is 3.29. The third kappa shape index (κ3) is 5.32.